The highest BCUT2D eigenvalue weighted by atomic mass is 32.2. The molecule has 0 saturated carbocycles. The summed E-state index contributed by atoms with van der Waals surface area (Å²) in [5, 5.41) is 3.01. The molecular formula is C18H28N2O3S. The molecule has 2 atom stereocenters. The van der Waals surface area contributed by atoms with E-state index in [-0.39, 0.29) is 24.4 Å². The fourth-order valence-electron chi connectivity index (χ4n) is 2.74. The molecule has 1 aromatic rings. The van der Waals surface area contributed by atoms with Crippen molar-refractivity contribution in [1.29, 1.82) is 0 Å². The van der Waals surface area contributed by atoms with E-state index in [9.17, 15) is 13.2 Å². The van der Waals surface area contributed by atoms with Crippen LogP contribution in [0.4, 0.5) is 0 Å². The highest BCUT2D eigenvalue weighted by Crippen LogP contribution is 2.24. The molecule has 1 amide bonds. The van der Waals surface area contributed by atoms with Gasteiger partial charge in [0, 0.05) is 19.1 Å². The molecule has 5 nitrogen and oxygen atoms in total. The molecule has 24 heavy (non-hydrogen) atoms. The number of hydrogen-bond acceptors (Lipinski definition) is 3. The summed E-state index contributed by atoms with van der Waals surface area (Å²) in [4.78, 5) is 12.7. The van der Waals surface area contributed by atoms with Crippen molar-refractivity contribution in [3.63, 3.8) is 0 Å². The van der Waals surface area contributed by atoms with Crippen molar-refractivity contribution < 1.29 is 13.2 Å². The molecule has 1 aromatic carbocycles. The molecule has 1 N–H and O–H groups in total. The molecule has 2 unspecified atom stereocenters. The summed E-state index contributed by atoms with van der Waals surface area (Å²) in [6.07, 6.45) is 1.44. The van der Waals surface area contributed by atoms with Gasteiger partial charge in [-0.25, -0.2) is 8.42 Å². The van der Waals surface area contributed by atoms with Crippen LogP contribution >= 0.6 is 0 Å². The van der Waals surface area contributed by atoms with Crippen LogP contribution in [0.15, 0.2) is 29.2 Å². The minimum Gasteiger partial charge on any atom is -0.353 e. The maximum atomic E-state index is 12.8. The molecule has 2 rings (SSSR count). The van der Waals surface area contributed by atoms with Crippen molar-refractivity contribution in [2.75, 3.05) is 13.1 Å². The second-order valence-corrected chi connectivity index (χ2v) is 8.99. The first-order valence-corrected chi connectivity index (χ1v) is 10.0. The lowest BCUT2D eigenvalue weighted by molar-refractivity contribution is -0.127. The summed E-state index contributed by atoms with van der Waals surface area (Å²) >= 11 is 0. The first-order chi connectivity index (χ1) is 11.2. The Bertz CT molecular complexity index is 668. The maximum Gasteiger partial charge on any atom is 0.243 e. The van der Waals surface area contributed by atoms with E-state index < -0.39 is 10.0 Å². The first-order valence-electron chi connectivity index (χ1n) is 8.59. The van der Waals surface area contributed by atoms with E-state index in [1.54, 1.807) is 24.3 Å². The summed E-state index contributed by atoms with van der Waals surface area (Å²) in [6, 6.07) is 6.95. The monoisotopic (exact) mass is 352 g/mol. The SMILES string of the molecule is Cc1ccc(S(=O)(=O)N2CCCC(C(=O)NC(C)C(C)C)C2)cc1. The topological polar surface area (TPSA) is 66.5 Å². The van der Waals surface area contributed by atoms with Crippen molar-refractivity contribution in [3.8, 4) is 0 Å². The molecule has 1 saturated heterocycles. The molecule has 0 spiro atoms. The summed E-state index contributed by atoms with van der Waals surface area (Å²) in [5.74, 6) is 0.0325. The van der Waals surface area contributed by atoms with E-state index >= 15 is 0 Å². The summed E-state index contributed by atoms with van der Waals surface area (Å²) in [5.41, 5.74) is 1.02. The van der Waals surface area contributed by atoms with Gasteiger partial charge >= 0.3 is 0 Å². The quantitative estimate of drug-likeness (QED) is 0.886. The van der Waals surface area contributed by atoms with Gasteiger partial charge in [0.2, 0.25) is 15.9 Å². The number of carbonyl (C=O) groups is 1. The van der Waals surface area contributed by atoms with Gasteiger partial charge < -0.3 is 5.32 Å². The fourth-order valence-corrected chi connectivity index (χ4v) is 4.27. The Morgan fingerprint density at radius 3 is 2.42 bits per heavy atom. The molecule has 1 fully saturated rings. The van der Waals surface area contributed by atoms with E-state index in [1.807, 2.05) is 13.8 Å². The standard InChI is InChI=1S/C18H28N2O3S/c1-13(2)15(4)19-18(21)16-6-5-11-20(12-16)24(22,23)17-9-7-14(3)8-10-17/h7-10,13,15-16H,5-6,11-12H2,1-4H3,(H,19,21). The molecule has 1 aliphatic rings. The van der Waals surface area contributed by atoms with Crippen LogP contribution in [-0.2, 0) is 14.8 Å². The average molecular weight is 353 g/mol. The smallest absolute Gasteiger partial charge is 0.243 e. The van der Waals surface area contributed by atoms with Crippen LogP contribution in [-0.4, -0.2) is 37.8 Å². The van der Waals surface area contributed by atoms with Crippen LogP contribution in [0.2, 0.25) is 0 Å². The molecule has 0 bridgehead atoms. The summed E-state index contributed by atoms with van der Waals surface area (Å²) < 4.78 is 27.0. The lowest BCUT2D eigenvalue weighted by atomic mass is 9.97. The third-order valence-corrected chi connectivity index (χ3v) is 6.66. The van der Waals surface area contributed by atoms with E-state index in [4.69, 9.17) is 0 Å². The Morgan fingerprint density at radius 1 is 1.21 bits per heavy atom. The lowest BCUT2D eigenvalue weighted by Gasteiger charge is -2.32. The molecule has 1 aliphatic heterocycles. The van der Waals surface area contributed by atoms with Gasteiger partial charge in [-0.3, -0.25) is 4.79 Å². The molecule has 1 heterocycles. The second-order valence-electron chi connectivity index (χ2n) is 7.06. The zero-order valence-corrected chi connectivity index (χ0v) is 15.8. The van der Waals surface area contributed by atoms with Crippen molar-refractivity contribution in [3.05, 3.63) is 29.8 Å². The molecule has 0 radical (unpaired) electrons. The Morgan fingerprint density at radius 2 is 1.83 bits per heavy atom. The van der Waals surface area contributed by atoms with Gasteiger partial charge in [-0.15, -0.1) is 0 Å². The zero-order chi connectivity index (χ0) is 17.9. The normalized spacial score (nSPS) is 20.8. The number of nitrogens with zero attached hydrogens (tertiary/aromatic N) is 1. The predicted octanol–water partition coefficient (Wildman–Crippen LogP) is 2.56. The highest BCUT2D eigenvalue weighted by Gasteiger charge is 2.33. The Balaban J connectivity index is 2.09. The van der Waals surface area contributed by atoms with Crippen molar-refractivity contribution in [2.45, 2.75) is 51.5 Å². The molecule has 134 valence electrons. The van der Waals surface area contributed by atoms with E-state index in [0.29, 0.717) is 23.8 Å². The van der Waals surface area contributed by atoms with Crippen LogP contribution in [0.3, 0.4) is 0 Å². The zero-order valence-electron chi connectivity index (χ0n) is 15.0. The summed E-state index contributed by atoms with van der Waals surface area (Å²) in [6.45, 7) is 8.74. The van der Waals surface area contributed by atoms with Crippen LogP contribution in [0.1, 0.15) is 39.2 Å². The van der Waals surface area contributed by atoms with Gasteiger partial charge in [0.05, 0.1) is 10.8 Å². The Hall–Kier alpha value is -1.40. The van der Waals surface area contributed by atoms with Crippen molar-refractivity contribution >= 4 is 15.9 Å². The number of amides is 1. The number of benzene rings is 1. The molecule has 6 heteroatoms. The van der Waals surface area contributed by atoms with Crippen LogP contribution in [0, 0.1) is 18.8 Å². The first kappa shape index (κ1) is 18.9. The van der Waals surface area contributed by atoms with Crippen LogP contribution in [0.25, 0.3) is 0 Å². The fraction of sp³-hybridized carbons (Fsp3) is 0.611. The lowest BCUT2D eigenvalue weighted by Crippen LogP contribution is -2.47. The number of aryl methyl sites for hydroxylation is 1. The minimum absolute atomic E-state index is 0.0417. The molecule has 0 aliphatic carbocycles. The van der Waals surface area contributed by atoms with Crippen LogP contribution in [0.5, 0.6) is 0 Å². The van der Waals surface area contributed by atoms with Gasteiger partial charge in [-0.05, 0) is 44.7 Å². The largest absolute Gasteiger partial charge is 0.353 e. The number of hydrogen-bond donors (Lipinski definition) is 1. The molecular weight excluding hydrogens is 324 g/mol. The van der Waals surface area contributed by atoms with Crippen molar-refractivity contribution in [2.24, 2.45) is 11.8 Å². The highest BCUT2D eigenvalue weighted by molar-refractivity contribution is 7.89. The third kappa shape index (κ3) is 4.36. The van der Waals surface area contributed by atoms with E-state index in [1.165, 1.54) is 4.31 Å². The predicted molar refractivity (Wildman–Crippen MR) is 95.1 cm³/mol. The number of sulfonamides is 1. The van der Waals surface area contributed by atoms with Gasteiger partial charge in [0.15, 0.2) is 0 Å². The molecule has 0 aromatic heterocycles. The Kier molecular flexibility index (Phi) is 6.04. The van der Waals surface area contributed by atoms with Gasteiger partial charge in [-0.2, -0.15) is 4.31 Å². The van der Waals surface area contributed by atoms with E-state index in [2.05, 4.69) is 19.2 Å². The number of nitrogens with one attached hydrogen (secondary N) is 1. The van der Waals surface area contributed by atoms with Gasteiger partial charge in [-0.1, -0.05) is 31.5 Å². The minimum atomic E-state index is -3.54. The summed E-state index contributed by atoms with van der Waals surface area (Å²) in [7, 11) is -3.54. The van der Waals surface area contributed by atoms with E-state index in [0.717, 1.165) is 12.0 Å². The maximum absolute atomic E-state index is 12.8. The van der Waals surface area contributed by atoms with Crippen molar-refractivity contribution in [1.82, 2.24) is 9.62 Å². The van der Waals surface area contributed by atoms with Gasteiger partial charge in [0.1, 0.15) is 0 Å². The second kappa shape index (κ2) is 7.66. The Labute approximate surface area is 145 Å². The number of piperidine rings is 1. The number of rotatable bonds is 5. The average Bonchev–Trinajstić information content (AvgIpc) is 2.55. The number of carbonyl (C=O) groups excluding carboxylic acids is 1. The third-order valence-electron chi connectivity index (χ3n) is 4.78. The van der Waals surface area contributed by atoms with Gasteiger partial charge in [0.25, 0.3) is 0 Å². The van der Waals surface area contributed by atoms with Crippen LogP contribution < -0.4 is 5.32 Å².